The lowest BCUT2D eigenvalue weighted by Crippen LogP contribution is -2.62. The smallest absolute Gasteiger partial charge is 0.254 e. The predicted molar refractivity (Wildman–Crippen MR) is 138 cm³/mol. The molecular weight excluding hydrogens is 504 g/mol. The number of anilines is 1. The van der Waals surface area contributed by atoms with Gasteiger partial charge in [0, 0.05) is 48.2 Å². The van der Waals surface area contributed by atoms with Crippen LogP contribution in [0.25, 0.3) is 0 Å². The average molecular weight is 525 g/mol. The van der Waals surface area contributed by atoms with E-state index in [-0.39, 0.29) is 24.3 Å². The molecule has 3 aliphatic heterocycles. The van der Waals surface area contributed by atoms with Crippen LogP contribution in [-0.4, -0.2) is 56.3 Å². The van der Waals surface area contributed by atoms with Crippen LogP contribution in [-0.2, 0) is 21.7 Å². The first-order chi connectivity index (χ1) is 16.8. The summed E-state index contributed by atoms with van der Waals surface area (Å²) in [6.45, 7) is 0.681. The van der Waals surface area contributed by atoms with Gasteiger partial charge in [0.15, 0.2) is 5.54 Å². The fraction of sp³-hybridized carbons (Fsp3) is 0.280. The van der Waals surface area contributed by atoms with Crippen molar-refractivity contribution < 1.29 is 14.0 Å². The van der Waals surface area contributed by atoms with Crippen molar-refractivity contribution in [2.75, 3.05) is 25.5 Å². The number of likely N-dealkylation sites (N-methyl/N-ethyl adjacent to an activating group) is 2. The van der Waals surface area contributed by atoms with Crippen molar-refractivity contribution in [3.8, 4) is 0 Å². The van der Waals surface area contributed by atoms with Crippen LogP contribution in [0, 0.1) is 0 Å². The largest absolute Gasteiger partial charge is 0.467 e. The van der Waals surface area contributed by atoms with E-state index in [4.69, 9.17) is 28.2 Å². The summed E-state index contributed by atoms with van der Waals surface area (Å²) >= 11 is 13.6. The monoisotopic (exact) mass is 524 g/mol. The number of amides is 2. The van der Waals surface area contributed by atoms with Gasteiger partial charge < -0.3 is 9.32 Å². The molecule has 5 heterocycles. The molecule has 3 atom stereocenters. The molecule has 3 aliphatic rings. The molecule has 7 nitrogen and oxygen atoms in total. The minimum atomic E-state index is -1.29. The Bertz CT molecular complexity index is 1370. The van der Waals surface area contributed by atoms with E-state index >= 15 is 0 Å². The van der Waals surface area contributed by atoms with Crippen LogP contribution in [0.5, 0.6) is 0 Å². The zero-order valence-electron chi connectivity index (χ0n) is 19.0. The number of benzene rings is 1. The Morgan fingerprint density at radius 1 is 1.17 bits per heavy atom. The summed E-state index contributed by atoms with van der Waals surface area (Å²) < 4.78 is 4.71. The highest BCUT2D eigenvalue weighted by atomic mass is 35.5. The number of hydrogen-bond donors (Lipinski definition) is 0. The third-order valence-corrected chi connectivity index (χ3v) is 9.59. The third kappa shape index (κ3) is 2.83. The van der Waals surface area contributed by atoms with E-state index in [0.29, 0.717) is 21.6 Å². The molecule has 2 spiro atoms. The molecule has 0 unspecified atom stereocenters. The van der Waals surface area contributed by atoms with Gasteiger partial charge in [-0.2, -0.15) is 0 Å². The highest BCUT2D eigenvalue weighted by molar-refractivity contribution is 8.25. The molecule has 0 N–H and O–H groups in total. The highest BCUT2D eigenvalue weighted by Crippen LogP contribution is 2.66. The number of furan rings is 1. The maximum atomic E-state index is 14.6. The molecule has 2 fully saturated rings. The number of likely N-dealkylation sites (tertiary alicyclic amines) is 1. The Balaban J connectivity index is 1.62. The molecule has 0 bridgehead atoms. The SMILES string of the molecule is CN1C(=O)[C@@]2(c3cc(Cl)ccc31)N(C)C[C@H](c1ccncc1)[C@@]21SC(=S)N(Cc2ccco2)C1=O. The molecule has 0 radical (unpaired) electrons. The summed E-state index contributed by atoms with van der Waals surface area (Å²) in [4.78, 5) is 38.3. The molecule has 3 aromatic rings. The van der Waals surface area contributed by atoms with Crippen molar-refractivity contribution in [3.05, 3.63) is 83.0 Å². The molecule has 2 amide bonds. The van der Waals surface area contributed by atoms with Crippen molar-refractivity contribution in [1.29, 1.82) is 0 Å². The van der Waals surface area contributed by atoms with E-state index in [0.717, 1.165) is 16.8 Å². The number of halogens is 1. The molecule has 2 aromatic heterocycles. The molecule has 1 aromatic carbocycles. The highest BCUT2D eigenvalue weighted by Gasteiger charge is 2.78. The van der Waals surface area contributed by atoms with Crippen LogP contribution >= 0.6 is 35.6 Å². The number of thioether (sulfide) groups is 1. The fourth-order valence-electron chi connectivity index (χ4n) is 5.96. The Morgan fingerprint density at radius 2 is 1.94 bits per heavy atom. The summed E-state index contributed by atoms with van der Waals surface area (Å²) in [5.41, 5.74) is 1.10. The zero-order valence-corrected chi connectivity index (χ0v) is 21.4. The lowest BCUT2D eigenvalue weighted by Gasteiger charge is -2.42. The number of fused-ring (bicyclic) bond motifs is 3. The summed E-state index contributed by atoms with van der Waals surface area (Å²) in [6, 6.07) is 12.8. The van der Waals surface area contributed by atoms with Gasteiger partial charge in [0.05, 0.1) is 12.8 Å². The van der Waals surface area contributed by atoms with Crippen LogP contribution in [0.3, 0.4) is 0 Å². The van der Waals surface area contributed by atoms with Gasteiger partial charge in [-0.25, -0.2) is 0 Å². The van der Waals surface area contributed by atoms with E-state index in [1.54, 1.807) is 47.6 Å². The van der Waals surface area contributed by atoms with Crippen molar-refractivity contribution in [3.63, 3.8) is 0 Å². The van der Waals surface area contributed by atoms with Crippen LogP contribution in [0.4, 0.5) is 5.69 Å². The Labute approximate surface area is 217 Å². The van der Waals surface area contributed by atoms with Crippen LogP contribution in [0.15, 0.2) is 65.5 Å². The standard InChI is InChI=1S/C25H21ClN4O3S2/c1-28-14-19(15-7-9-27-10-8-15)25(22(32)30(23(34)35-25)13-17-4-3-11-33-17)24(28)18-12-16(26)5-6-20(18)29(2)21(24)31/h3-12,19H,13-14H2,1-2H3/t19-,24-,25+/m1/s1. The number of aromatic nitrogens is 1. The lowest BCUT2D eigenvalue weighted by molar-refractivity contribution is -0.139. The third-order valence-electron chi connectivity index (χ3n) is 7.42. The minimum absolute atomic E-state index is 0.169. The van der Waals surface area contributed by atoms with Gasteiger partial charge in [0.25, 0.3) is 5.91 Å². The molecule has 0 saturated carbocycles. The topological polar surface area (TPSA) is 69.9 Å². The van der Waals surface area contributed by atoms with Crippen molar-refractivity contribution >= 4 is 57.4 Å². The minimum Gasteiger partial charge on any atom is -0.467 e. The molecule has 2 saturated heterocycles. The summed E-state index contributed by atoms with van der Waals surface area (Å²) in [7, 11) is 3.64. The van der Waals surface area contributed by atoms with Gasteiger partial charge in [-0.3, -0.25) is 24.4 Å². The van der Waals surface area contributed by atoms with E-state index in [2.05, 4.69) is 4.98 Å². The molecular formula is C25H21ClN4O3S2. The molecule has 6 rings (SSSR count). The Hall–Kier alpha value is -2.72. The zero-order chi connectivity index (χ0) is 24.5. The van der Waals surface area contributed by atoms with Gasteiger partial charge >= 0.3 is 0 Å². The van der Waals surface area contributed by atoms with Crippen LogP contribution in [0.1, 0.15) is 22.8 Å². The second-order valence-corrected chi connectivity index (χ2v) is 11.3. The van der Waals surface area contributed by atoms with Gasteiger partial charge in [-0.1, -0.05) is 35.6 Å². The second-order valence-electron chi connectivity index (χ2n) is 9.02. The number of hydrogen-bond acceptors (Lipinski definition) is 7. The molecule has 178 valence electrons. The average Bonchev–Trinajstić information content (AvgIpc) is 3.57. The van der Waals surface area contributed by atoms with E-state index < -0.39 is 10.3 Å². The van der Waals surface area contributed by atoms with E-state index in [1.165, 1.54) is 11.8 Å². The summed E-state index contributed by atoms with van der Waals surface area (Å²) in [6.07, 6.45) is 5.00. The first kappa shape index (κ1) is 22.7. The number of carbonyl (C=O) groups is 2. The first-order valence-electron chi connectivity index (χ1n) is 11.1. The number of pyridine rings is 1. The van der Waals surface area contributed by atoms with Crippen molar-refractivity contribution in [2.24, 2.45) is 0 Å². The summed E-state index contributed by atoms with van der Waals surface area (Å²) in [5, 5.41) is 0.507. The first-order valence-corrected chi connectivity index (χ1v) is 12.7. The van der Waals surface area contributed by atoms with Gasteiger partial charge in [0.1, 0.15) is 14.8 Å². The van der Waals surface area contributed by atoms with E-state index in [9.17, 15) is 9.59 Å². The van der Waals surface area contributed by atoms with Gasteiger partial charge in [0.2, 0.25) is 5.91 Å². The molecule has 0 aliphatic carbocycles. The van der Waals surface area contributed by atoms with Crippen LogP contribution < -0.4 is 4.90 Å². The summed E-state index contributed by atoms with van der Waals surface area (Å²) in [5.74, 6) is -0.0747. The fourth-order valence-corrected chi connectivity index (χ4v) is 8.26. The number of thiocarbonyl (C=S) groups is 1. The molecule has 10 heteroatoms. The normalized spacial score (nSPS) is 28.2. The predicted octanol–water partition coefficient (Wildman–Crippen LogP) is 4.03. The second kappa shape index (κ2) is 7.89. The number of rotatable bonds is 3. The maximum absolute atomic E-state index is 14.6. The van der Waals surface area contributed by atoms with Gasteiger partial charge in [-0.15, -0.1) is 0 Å². The van der Waals surface area contributed by atoms with Crippen molar-refractivity contribution in [2.45, 2.75) is 22.7 Å². The number of carbonyl (C=O) groups excluding carboxylic acids is 2. The Morgan fingerprint density at radius 3 is 2.66 bits per heavy atom. The molecule has 35 heavy (non-hydrogen) atoms. The van der Waals surface area contributed by atoms with Crippen LogP contribution in [0.2, 0.25) is 5.02 Å². The maximum Gasteiger partial charge on any atom is 0.254 e. The van der Waals surface area contributed by atoms with E-state index in [1.807, 2.05) is 42.3 Å². The Kier molecular flexibility index (Phi) is 5.12. The lowest BCUT2D eigenvalue weighted by atomic mass is 9.72. The number of nitrogens with zero attached hydrogens (tertiary/aromatic N) is 4. The van der Waals surface area contributed by atoms with Gasteiger partial charge in [-0.05, 0) is 55.1 Å². The van der Waals surface area contributed by atoms with Crippen molar-refractivity contribution in [1.82, 2.24) is 14.8 Å². The quantitative estimate of drug-likeness (QED) is 0.479.